The lowest BCUT2D eigenvalue weighted by Gasteiger charge is -2.14. The van der Waals surface area contributed by atoms with Crippen LogP contribution in [0.1, 0.15) is 181 Å². The van der Waals surface area contributed by atoms with Crippen molar-refractivity contribution >= 4 is 17.8 Å². The van der Waals surface area contributed by atoms with Gasteiger partial charge in [-0.1, -0.05) is 141 Å². The predicted octanol–water partition coefficient (Wildman–Crippen LogP) is 10.4. The highest BCUT2D eigenvalue weighted by molar-refractivity contribution is 5.80. The van der Waals surface area contributed by atoms with Crippen molar-refractivity contribution in [1.82, 2.24) is 5.32 Å². The molecule has 0 aromatic carbocycles. The molecule has 1 atom stereocenters. The molecule has 1 unspecified atom stereocenters. The van der Waals surface area contributed by atoms with Gasteiger partial charge in [0, 0.05) is 12.8 Å². The molecule has 6 nitrogen and oxygen atoms in total. The highest BCUT2D eigenvalue weighted by Crippen LogP contribution is 2.16. The highest BCUT2D eigenvalue weighted by atomic mass is 16.5. The van der Waals surface area contributed by atoms with Crippen LogP contribution in [0, 0.1) is 0 Å². The van der Waals surface area contributed by atoms with E-state index in [1.54, 1.807) is 0 Å². The van der Waals surface area contributed by atoms with E-state index in [0.29, 0.717) is 12.8 Å². The first-order valence-electron chi connectivity index (χ1n) is 18.0. The van der Waals surface area contributed by atoms with Crippen LogP contribution < -0.4 is 5.32 Å². The number of nitrogens with one attached hydrogen (secondary N) is 1. The summed E-state index contributed by atoms with van der Waals surface area (Å²) in [7, 11) is 0. The average Bonchev–Trinajstić information content (AvgIpc) is 2.99. The molecule has 0 saturated carbocycles. The molecule has 0 saturated heterocycles. The van der Waals surface area contributed by atoms with Gasteiger partial charge in [-0.25, -0.2) is 0 Å². The maximum Gasteiger partial charge on any atom is 0.322 e. The molecule has 0 fully saturated rings. The molecule has 0 spiro atoms. The Balaban J connectivity index is 4.19. The van der Waals surface area contributed by atoms with Gasteiger partial charge in [0.05, 0.1) is 0 Å². The van der Waals surface area contributed by atoms with Crippen LogP contribution in [0.25, 0.3) is 0 Å². The van der Waals surface area contributed by atoms with Crippen LogP contribution >= 0.6 is 0 Å². The zero-order chi connectivity index (χ0) is 31.6. The molecule has 1 amide bonds. The van der Waals surface area contributed by atoms with Gasteiger partial charge in [0.1, 0.15) is 12.6 Å². The quantitative estimate of drug-likeness (QED) is 0.0452. The van der Waals surface area contributed by atoms with Gasteiger partial charge in [-0.2, -0.15) is 0 Å². The number of esters is 1. The van der Waals surface area contributed by atoms with E-state index in [1.165, 1.54) is 83.5 Å². The van der Waals surface area contributed by atoms with Gasteiger partial charge < -0.3 is 15.2 Å². The predicted molar refractivity (Wildman–Crippen MR) is 180 cm³/mol. The number of carboxylic acid groups (broad SMARTS) is 1. The van der Waals surface area contributed by atoms with Crippen molar-refractivity contribution in [2.24, 2.45) is 0 Å². The van der Waals surface area contributed by atoms with E-state index in [2.05, 4.69) is 43.5 Å². The Morgan fingerprint density at radius 1 is 0.628 bits per heavy atom. The van der Waals surface area contributed by atoms with Crippen molar-refractivity contribution in [1.29, 1.82) is 0 Å². The second-order valence-electron chi connectivity index (χ2n) is 12.1. The number of carbonyl (C=O) groups is 3. The van der Waals surface area contributed by atoms with Crippen LogP contribution in [-0.2, 0) is 19.1 Å². The SMILES string of the molecule is CCCCC/C=C\C/C=C\C(CCCCCCCCC(=O)NCC(=O)O)OC(=O)CCCCCCCCCCCCCC. The fraction of sp³-hybridized carbons (Fsp3) is 0.811. The number of rotatable bonds is 32. The van der Waals surface area contributed by atoms with Crippen LogP contribution in [-0.4, -0.2) is 35.6 Å². The summed E-state index contributed by atoms with van der Waals surface area (Å²) in [6.45, 7) is 4.17. The Hall–Kier alpha value is -2.11. The Labute approximate surface area is 264 Å². The third-order valence-corrected chi connectivity index (χ3v) is 7.86. The summed E-state index contributed by atoms with van der Waals surface area (Å²) in [6.07, 6.45) is 37.4. The van der Waals surface area contributed by atoms with Crippen molar-refractivity contribution in [3.8, 4) is 0 Å². The Kier molecular flexibility index (Phi) is 31.2. The standard InChI is InChI=1S/C37H67NO5/c1-3-5-7-9-11-13-14-15-16-18-24-28-32-37(42)43-34(29-25-21-17-12-10-8-6-4-2)30-26-22-19-20-23-27-31-35(39)38-33-36(40)41/h12,17,25,29,34H,3-11,13-16,18-24,26-28,30-33H2,1-2H3,(H,38,39)(H,40,41)/b17-12-,29-25-. The van der Waals surface area contributed by atoms with Gasteiger partial charge in [-0.3, -0.25) is 14.4 Å². The summed E-state index contributed by atoms with van der Waals surface area (Å²) in [6, 6.07) is 0. The Bertz CT molecular complexity index is 718. The molecule has 0 heterocycles. The molecule has 6 heteroatoms. The summed E-state index contributed by atoms with van der Waals surface area (Å²) in [5.41, 5.74) is 0. The van der Waals surface area contributed by atoms with Gasteiger partial charge >= 0.3 is 11.9 Å². The summed E-state index contributed by atoms with van der Waals surface area (Å²) in [5.74, 6) is -1.29. The summed E-state index contributed by atoms with van der Waals surface area (Å²) in [4.78, 5) is 34.7. The topological polar surface area (TPSA) is 92.7 Å². The number of unbranched alkanes of at least 4 members (excludes halogenated alkanes) is 19. The molecule has 0 bridgehead atoms. The minimum atomic E-state index is -1.02. The fourth-order valence-corrected chi connectivity index (χ4v) is 5.17. The lowest BCUT2D eigenvalue weighted by atomic mass is 10.0. The fourth-order valence-electron chi connectivity index (χ4n) is 5.17. The number of carbonyl (C=O) groups excluding carboxylic acids is 2. The monoisotopic (exact) mass is 606 g/mol. The molecule has 0 aromatic heterocycles. The molecular weight excluding hydrogens is 538 g/mol. The maximum absolute atomic E-state index is 12.6. The molecule has 250 valence electrons. The van der Waals surface area contributed by atoms with Gasteiger partial charge in [0.25, 0.3) is 0 Å². The Morgan fingerprint density at radius 2 is 1.14 bits per heavy atom. The first kappa shape index (κ1) is 40.9. The highest BCUT2D eigenvalue weighted by Gasteiger charge is 2.11. The molecule has 0 radical (unpaired) electrons. The van der Waals surface area contributed by atoms with Gasteiger partial charge in [-0.15, -0.1) is 0 Å². The van der Waals surface area contributed by atoms with Gasteiger partial charge in [0.2, 0.25) is 5.91 Å². The second-order valence-corrected chi connectivity index (χ2v) is 12.1. The van der Waals surface area contributed by atoms with E-state index in [4.69, 9.17) is 9.84 Å². The molecule has 0 aromatic rings. The van der Waals surface area contributed by atoms with E-state index in [-0.39, 0.29) is 24.5 Å². The van der Waals surface area contributed by atoms with Crippen molar-refractivity contribution in [2.45, 2.75) is 187 Å². The Morgan fingerprint density at radius 3 is 1.72 bits per heavy atom. The first-order valence-corrected chi connectivity index (χ1v) is 18.0. The van der Waals surface area contributed by atoms with Crippen molar-refractivity contribution < 1.29 is 24.2 Å². The average molecular weight is 606 g/mol. The number of carboxylic acids is 1. The molecule has 0 aliphatic heterocycles. The minimum absolute atomic E-state index is 0.0713. The molecule has 0 aliphatic rings. The minimum Gasteiger partial charge on any atom is -0.480 e. The lowest BCUT2D eigenvalue weighted by molar-refractivity contribution is -0.147. The third kappa shape index (κ3) is 32.6. The van der Waals surface area contributed by atoms with Crippen molar-refractivity contribution in [3.63, 3.8) is 0 Å². The number of hydrogen-bond acceptors (Lipinski definition) is 4. The van der Waals surface area contributed by atoms with Crippen LogP contribution in [0.4, 0.5) is 0 Å². The van der Waals surface area contributed by atoms with E-state index in [1.807, 2.05) is 0 Å². The zero-order valence-corrected chi connectivity index (χ0v) is 28.1. The molecule has 0 rings (SSSR count). The van der Waals surface area contributed by atoms with E-state index in [9.17, 15) is 14.4 Å². The zero-order valence-electron chi connectivity index (χ0n) is 28.1. The summed E-state index contributed by atoms with van der Waals surface area (Å²) < 4.78 is 5.89. The lowest BCUT2D eigenvalue weighted by Crippen LogP contribution is -2.28. The largest absolute Gasteiger partial charge is 0.480 e. The van der Waals surface area contributed by atoms with E-state index >= 15 is 0 Å². The van der Waals surface area contributed by atoms with Crippen molar-refractivity contribution in [3.05, 3.63) is 24.3 Å². The van der Waals surface area contributed by atoms with E-state index < -0.39 is 5.97 Å². The molecule has 0 aliphatic carbocycles. The number of amides is 1. The number of hydrogen-bond donors (Lipinski definition) is 2. The second kappa shape index (κ2) is 32.8. The van der Waals surface area contributed by atoms with Crippen LogP contribution in [0.2, 0.25) is 0 Å². The third-order valence-electron chi connectivity index (χ3n) is 7.86. The first-order chi connectivity index (χ1) is 21.0. The van der Waals surface area contributed by atoms with Crippen LogP contribution in [0.5, 0.6) is 0 Å². The molecule has 2 N–H and O–H groups in total. The van der Waals surface area contributed by atoms with Gasteiger partial charge in [-0.05, 0) is 51.0 Å². The van der Waals surface area contributed by atoms with Crippen LogP contribution in [0.3, 0.4) is 0 Å². The molecular formula is C37H67NO5. The molecule has 43 heavy (non-hydrogen) atoms. The van der Waals surface area contributed by atoms with Gasteiger partial charge in [0.15, 0.2) is 0 Å². The number of allylic oxidation sites excluding steroid dienone is 3. The smallest absolute Gasteiger partial charge is 0.322 e. The summed E-state index contributed by atoms with van der Waals surface area (Å²) in [5, 5.41) is 11.0. The normalized spacial score (nSPS) is 12.2. The van der Waals surface area contributed by atoms with Crippen molar-refractivity contribution in [2.75, 3.05) is 6.54 Å². The number of ether oxygens (including phenoxy) is 1. The summed E-state index contributed by atoms with van der Waals surface area (Å²) >= 11 is 0. The van der Waals surface area contributed by atoms with Crippen LogP contribution in [0.15, 0.2) is 24.3 Å². The van der Waals surface area contributed by atoms with E-state index in [0.717, 1.165) is 70.6 Å². The number of aliphatic carboxylic acids is 1. The maximum atomic E-state index is 12.6.